The summed E-state index contributed by atoms with van der Waals surface area (Å²) < 4.78 is 0. The summed E-state index contributed by atoms with van der Waals surface area (Å²) in [5, 5.41) is 3.54. The molecule has 1 unspecified atom stereocenters. The van der Waals surface area contributed by atoms with Crippen LogP contribution in [0.3, 0.4) is 0 Å². The van der Waals surface area contributed by atoms with Gasteiger partial charge in [-0.2, -0.15) is 0 Å². The number of benzene rings is 1. The largest absolute Gasteiger partial charge is 0.306 e. The molecule has 1 aromatic heterocycles. The van der Waals surface area contributed by atoms with Crippen molar-refractivity contribution >= 4 is 0 Å². The average Bonchev–Trinajstić information content (AvgIpc) is 2.37. The molecule has 2 nitrogen and oxygen atoms in total. The van der Waals surface area contributed by atoms with Gasteiger partial charge in [0.2, 0.25) is 0 Å². The Morgan fingerprint density at radius 2 is 2.06 bits per heavy atom. The van der Waals surface area contributed by atoms with Gasteiger partial charge >= 0.3 is 0 Å². The van der Waals surface area contributed by atoms with Crippen molar-refractivity contribution in [1.82, 2.24) is 10.3 Å². The first-order valence-electron chi connectivity index (χ1n) is 6.36. The Bertz CT molecular complexity index is 506. The summed E-state index contributed by atoms with van der Waals surface area (Å²) in [4.78, 5) is 4.12. The van der Waals surface area contributed by atoms with E-state index in [1.807, 2.05) is 12.3 Å². The van der Waals surface area contributed by atoms with Crippen LogP contribution >= 0.6 is 0 Å². The molecule has 94 valence electrons. The second-order valence-corrected chi connectivity index (χ2v) is 4.82. The van der Waals surface area contributed by atoms with Crippen molar-refractivity contribution in [2.45, 2.75) is 33.4 Å². The Morgan fingerprint density at radius 3 is 2.72 bits per heavy atom. The molecule has 0 saturated heterocycles. The van der Waals surface area contributed by atoms with Crippen LogP contribution in [0.5, 0.6) is 0 Å². The van der Waals surface area contributed by atoms with Gasteiger partial charge in [-0.15, -0.1) is 0 Å². The Balaban J connectivity index is 2.01. The van der Waals surface area contributed by atoms with Gasteiger partial charge in [-0.25, -0.2) is 0 Å². The highest BCUT2D eigenvalue weighted by atomic mass is 14.9. The predicted molar refractivity (Wildman–Crippen MR) is 75.4 cm³/mol. The summed E-state index contributed by atoms with van der Waals surface area (Å²) in [5.74, 6) is 0. The Hall–Kier alpha value is -1.67. The average molecular weight is 240 g/mol. The van der Waals surface area contributed by atoms with Gasteiger partial charge in [0.05, 0.1) is 0 Å². The Labute approximate surface area is 109 Å². The first-order valence-corrected chi connectivity index (χ1v) is 6.36. The molecule has 0 aliphatic rings. The number of pyridine rings is 1. The summed E-state index contributed by atoms with van der Waals surface area (Å²) in [5.41, 5.74) is 5.25. The molecule has 1 N–H and O–H groups in total. The van der Waals surface area contributed by atoms with E-state index in [1.54, 1.807) is 6.20 Å². The van der Waals surface area contributed by atoms with E-state index in [-0.39, 0.29) is 0 Å². The maximum absolute atomic E-state index is 4.12. The van der Waals surface area contributed by atoms with Gasteiger partial charge < -0.3 is 5.32 Å². The third-order valence-electron chi connectivity index (χ3n) is 3.23. The molecule has 1 heterocycles. The van der Waals surface area contributed by atoms with Crippen molar-refractivity contribution in [3.05, 3.63) is 65.0 Å². The first-order chi connectivity index (χ1) is 8.66. The minimum atomic E-state index is 0.353. The van der Waals surface area contributed by atoms with Crippen LogP contribution in [0, 0.1) is 13.8 Å². The van der Waals surface area contributed by atoms with Gasteiger partial charge in [0, 0.05) is 25.0 Å². The standard InChI is InChI=1S/C16H20N2/c1-12-6-7-16(13(2)9-12)14(3)18-11-15-5-4-8-17-10-15/h4-10,14,18H,11H2,1-3H3. The molecule has 0 fully saturated rings. The normalized spacial score (nSPS) is 12.4. The molecule has 2 aromatic rings. The van der Waals surface area contributed by atoms with Crippen molar-refractivity contribution in [3.63, 3.8) is 0 Å². The van der Waals surface area contributed by atoms with E-state index in [0.717, 1.165) is 6.54 Å². The smallest absolute Gasteiger partial charge is 0.0312 e. The molecule has 0 bridgehead atoms. The van der Waals surface area contributed by atoms with E-state index in [4.69, 9.17) is 0 Å². The summed E-state index contributed by atoms with van der Waals surface area (Å²) in [7, 11) is 0. The van der Waals surface area contributed by atoms with Crippen molar-refractivity contribution < 1.29 is 0 Å². The number of aryl methyl sites for hydroxylation is 2. The molecule has 0 aliphatic carbocycles. The molecule has 0 amide bonds. The topological polar surface area (TPSA) is 24.9 Å². The lowest BCUT2D eigenvalue weighted by Gasteiger charge is -2.17. The van der Waals surface area contributed by atoms with E-state index in [9.17, 15) is 0 Å². The summed E-state index contributed by atoms with van der Waals surface area (Å²) in [6.45, 7) is 7.35. The van der Waals surface area contributed by atoms with Crippen LogP contribution < -0.4 is 5.32 Å². The van der Waals surface area contributed by atoms with E-state index in [0.29, 0.717) is 6.04 Å². The fourth-order valence-electron chi connectivity index (χ4n) is 2.20. The summed E-state index contributed by atoms with van der Waals surface area (Å²) >= 11 is 0. The van der Waals surface area contributed by atoms with Crippen LogP contribution in [-0.2, 0) is 6.54 Å². The minimum Gasteiger partial charge on any atom is -0.306 e. The highest BCUT2D eigenvalue weighted by molar-refractivity contribution is 5.32. The lowest BCUT2D eigenvalue weighted by atomic mass is 10.0. The number of nitrogens with zero attached hydrogens (tertiary/aromatic N) is 1. The van der Waals surface area contributed by atoms with Gasteiger partial charge in [-0.3, -0.25) is 4.98 Å². The third-order valence-corrected chi connectivity index (χ3v) is 3.23. The number of hydrogen-bond acceptors (Lipinski definition) is 2. The van der Waals surface area contributed by atoms with Crippen molar-refractivity contribution in [2.24, 2.45) is 0 Å². The lowest BCUT2D eigenvalue weighted by molar-refractivity contribution is 0.571. The van der Waals surface area contributed by atoms with Gasteiger partial charge in [-0.05, 0) is 43.5 Å². The molecule has 2 heteroatoms. The number of aromatic nitrogens is 1. The monoisotopic (exact) mass is 240 g/mol. The van der Waals surface area contributed by atoms with Crippen LogP contribution in [-0.4, -0.2) is 4.98 Å². The molecule has 0 radical (unpaired) electrons. The maximum atomic E-state index is 4.12. The van der Waals surface area contributed by atoms with Gasteiger partial charge in [-0.1, -0.05) is 29.8 Å². The first kappa shape index (κ1) is 12.8. The van der Waals surface area contributed by atoms with E-state index < -0.39 is 0 Å². The van der Waals surface area contributed by atoms with Crippen LogP contribution in [0.15, 0.2) is 42.7 Å². The molecule has 0 aliphatic heterocycles. The van der Waals surface area contributed by atoms with E-state index in [1.165, 1.54) is 22.3 Å². The Morgan fingerprint density at radius 1 is 1.22 bits per heavy atom. The number of hydrogen-bond donors (Lipinski definition) is 1. The quantitative estimate of drug-likeness (QED) is 0.884. The van der Waals surface area contributed by atoms with Crippen LogP contribution in [0.2, 0.25) is 0 Å². The molecule has 2 rings (SSSR count). The highest BCUT2D eigenvalue weighted by Crippen LogP contribution is 2.18. The van der Waals surface area contributed by atoms with Crippen LogP contribution in [0.25, 0.3) is 0 Å². The van der Waals surface area contributed by atoms with Crippen LogP contribution in [0.4, 0.5) is 0 Å². The molecular formula is C16H20N2. The molecule has 1 aromatic carbocycles. The molecule has 0 spiro atoms. The van der Waals surface area contributed by atoms with Crippen LogP contribution in [0.1, 0.15) is 35.2 Å². The molecule has 18 heavy (non-hydrogen) atoms. The second-order valence-electron chi connectivity index (χ2n) is 4.82. The summed E-state index contributed by atoms with van der Waals surface area (Å²) in [6, 6.07) is 11.0. The predicted octanol–water partition coefficient (Wildman–Crippen LogP) is 3.55. The zero-order valence-electron chi connectivity index (χ0n) is 11.3. The maximum Gasteiger partial charge on any atom is 0.0312 e. The summed E-state index contributed by atoms with van der Waals surface area (Å²) in [6.07, 6.45) is 3.71. The van der Waals surface area contributed by atoms with E-state index >= 15 is 0 Å². The Kier molecular flexibility index (Phi) is 4.11. The molecule has 1 atom stereocenters. The molecule has 0 saturated carbocycles. The number of nitrogens with one attached hydrogen (secondary N) is 1. The van der Waals surface area contributed by atoms with Crippen molar-refractivity contribution in [2.75, 3.05) is 0 Å². The van der Waals surface area contributed by atoms with E-state index in [2.05, 4.69) is 55.3 Å². The van der Waals surface area contributed by atoms with Gasteiger partial charge in [0.1, 0.15) is 0 Å². The fourth-order valence-corrected chi connectivity index (χ4v) is 2.20. The zero-order valence-corrected chi connectivity index (χ0v) is 11.3. The third kappa shape index (κ3) is 3.17. The minimum absolute atomic E-state index is 0.353. The fraction of sp³-hybridized carbons (Fsp3) is 0.312. The molecular weight excluding hydrogens is 220 g/mol. The van der Waals surface area contributed by atoms with Gasteiger partial charge in [0.25, 0.3) is 0 Å². The number of rotatable bonds is 4. The highest BCUT2D eigenvalue weighted by Gasteiger charge is 2.07. The van der Waals surface area contributed by atoms with Gasteiger partial charge in [0.15, 0.2) is 0 Å². The van der Waals surface area contributed by atoms with Crippen molar-refractivity contribution in [1.29, 1.82) is 0 Å². The zero-order chi connectivity index (χ0) is 13.0. The lowest BCUT2D eigenvalue weighted by Crippen LogP contribution is -2.19. The second kappa shape index (κ2) is 5.78. The van der Waals surface area contributed by atoms with Crippen molar-refractivity contribution in [3.8, 4) is 0 Å². The SMILES string of the molecule is Cc1ccc(C(C)NCc2cccnc2)c(C)c1.